The summed E-state index contributed by atoms with van der Waals surface area (Å²) in [6.07, 6.45) is 3.55. The summed E-state index contributed by atoms with van der Waals surface area (Å²) in [6.45, 7) is 4.34. The van der Waals surface area contributed by atoms with Crippen molar-refractivity contribution < 1.29 is 9.18 Å². The van der Waals surface area contributed by atoms with E-state index in [1.54, 1.807) is 29.3 Å². The Morgan fingerprint density at radius 1 is 1.12 bits per heavy atom. The Bertz CT molecular complexity index is 1040. The maximum Gasteiger partial charge on any atom is 0.262 e. The molecule has 4 rings (SSSR count). The van der Waals surface area contributed by atoms with Crippen LogP contribution in [0.15, 0.2) is 66.9 Å². The van der Waals surface area contributed by atoms with Crippen LogP contribution in [0.5, 0.6) is 0 Å². The van der Waals surface area contributed by atoms with Crippen molar-refractivity contribution in [3.8, 4) is 0 Å². The van der Waals surface area contributed by atoms with Gasteiger partial charge < -0.3 is 10.6 Å². The molecule has 32 heavy (non-hydrogen) atoms. The standard InChI is InChI=1S/C25H28FN5O/c1-18(20-7-3-2-4-8-20)29-25-28-16-13-23(30-25)31(17-19-11-14-27-15-12-19)24(32)21-9-5-6-10-22(21)26/h2-10,13,16,18-19,27H,11-12,14-15,17H2,1H3,(H,28,29,30)/t18-/m0/s1. The number of nitrogens with one attached hydrogen (secondary N) is 2. The number of hydrogen-bond acceptors (Lipinski definition) is 5. The summed E-state index contributed by atoms with van der Waals surface area (Å²) in [6, 6.07) is 17.8. The number of carbonyl (C=O) groups is 1. The Hall–Kier alpha value is -3.32. The molecule has 166 valence electrons. The smallest absolute Gasteiger partial charge is 0.262 e. The molecule has 0 unspecified atom stereocenters. The van der Waals surface area contributed by atoms with E-state index in [1.165, 1.54) is 12.1 Å². The van der Waals surface area contributed by atoms with E-state index in [0.29, 0.717) is 24.2 Å². The summed E-state index contributed by atoms with van der Waals surface area (Å²) in [7, 11) is 0. The van der Waals surface area contributed by atoms with Gasteiger partial charge in [-0.05, 0) is 62.5 Å². The second-order valence-corrected chi connectivity index (χ2v) is 8.10. The number of anilines is 2. The zero-order valence-corrected chi connectivity index (χ0v) is 18.2. The van der Waals surface area contributed by atoms with E-state index in [2.05, 4.69) is 20.6 Å². The van der Waals surface area contributed by atoms with E-state index < -0.39 is 5.82 Å². The third-order valence-electron chi connectivity index (χ3n) is 5.81. The minimum Gasteiger partial charge on any atom is -0.348 e. The Morgan fingerprint density at radius 2 is 1.84 bits per heavy atom. The molecule has 2 aromatic carbocycles. The lowest BCUT2D eigenvalue weighted by molar-refractivity contribution is 0.0976. The minimum absolute atomic E-state index is 0.00779. The molecule has 0 radical (unpaired) electrons. The highest BCUT2D eigenvalue weighted by Crippen LogP contribution is 2.23. The van der Waals surface area contributed by atoms with E-state index in [9.17, 15) is 9.18 Å². The molecule has 0 aliphatic carbocycles. The van der Waals surface area contributed by atoms with Crippen LogP contribution in [0.25, 0.3) is 0 Å². The van der Waals surface area contributed by atoms with E-state index in [0.717, 1.165) is 31.5 Å². The zero-order chi connectivity index (χ0) is 22.3. The van der Waals surface area contributed by atoms with Crippen molar-refractivity contribution in [1.82, 2.24) is 15.3 Å². The molecule has 0 spiro atoms. The normalized spacial score (nSPS) is 15.2. The van der Waals surface area contributed by atoms with Gasteiger partial charge in [0.2, 0.25) is 5.95 Å². The molecule has 2 N–H and O–H groups in total. The van der Waals surface area contributed by atoms with Gasteiger partial charge in [-0.1, -0.05) is 42.5 Å². The topological polar surface area (TPSA) is 70.2 Å². The average molecular weight is 434 g/mol. The number of carbonyl (C=O) groups excluding carboxylic acids is 1. The molecule has 7 heteroatoms. The fourth-order valence-corrected chi connectivity index (χ4v) is 3.97. The zero-order valence-electron chi connectivity index (χ0n) is 18.2. The first-order chi connectivity index (χ1) is 15.6. The highest BCUT2D eigenvalue weighted by molar-refractivity contribution is 6.05. The first-order valence-corrected chi connectivity index (χ1v) is 11.0. The molecule has 1 aromatic heterocycles. The number of rotatable bonds is 7. The molecular weight excluding hydrogens is 405 g/mol. The molecule has 1 aliphatic heterocycles. The first-order valence-electron chi connectivity index (χ1n) is 11.0. The van der Waals surface area contributed by atoms with Crippen LogP contribution in [0.4, 0.5) is 16.2 Å². The van der Waals surface area contributed by atoms with Gasteiger partial charge in [-0.2, -0.15) is 4.98 Å². The van der Waals surface area contributed by atoms with Crippen molar-refractivity contribution in [2.75, 3.05) is 29.9 Å². The van der Waals surface area contributed by atoms with Crippen molar-refractivity contribution in [2.45, 2.75) is 25.8 Å². The van der Waals surface area contributed by atoms with Crippen LogP contribution in [-0.4, -0.2) is 35.5 Å². The minimum atomic E-state index is -0.530. The number of piperidine rings is 1. The Labute approximate surface area is 187 Å². The van der Waals surface area contributed by atoms with Crippen molar-refractivity contribution in [3.05, 3.63) is 83.8 Å². The Morgan fingerprint density at radius 3 is 2.59 bits per heavy atom. The van der Waals surface area contributed by atoms with Crippen molar-refractivity contribution in [3.63, 3.8) is 0 Å². The number of aromatic nitrogens is 2. The van der Waals surface area contributed by atoms with Gasteiger partial charge in [-0.3, -0.25) is 9.69 Å². The molecule has 1 saturated heterocycles. The maximum absolute atomic E-state index is 14.4. The molecule has 1 fully saturated rings. The number of nitrogens with zero attached hydrogens (tertiary/aromatic N) is 3. The van der Waals surface area contributed by atoms with Gasteiger partial charge >= 0.3 is 0 Å². The second kappa shape index (κ2) is 10.3. The summed E-state index contributed by atoms with van der Waals surface area (Å²) < 4.78 is 14.4. The third-order valence-corrected chi connectivity index (χ3v) is 5.81. The van der Waals surface area contributed by atoms with Gasteiger partial charge in [-0.15, -0.1) is 0 Å². The molecule has 6 nitrogen and oxygen atoms in total. The van der Waals surface area contributed by atoms with Crippen LogP contribution in [0, 0.1) is 11.7 Å². The summed E-state index contributed by atoms with van der Waals surface area (Å²) >= 11 is 0. The van der Waals surface area contributed by atoms with Crippen molar-refractivity contribution in [1.29, 1.82) is 0 Å². The van der Waals surface area contributed by atoms with Gasteiger partial charge in [0.15, 0.2) is 0 Å². The highest BCUT2D eigenvalue weighted by Gasteiger charge is 2.26. The summed E-state index contributed by atoms with van der Waals surface area (Å²) in [5.74, 6) is 0.298. The Kier molecular flexibility index (Phi) is 7.07. The lowest BCUT2D eigenvalue weighted by atomic mass is 9.97. The summed E-state index contributed by atoms with van der Waals surface area (Å²) in [5, 5.41) is 6.65. The van der Waals surface area contributed by atoms with Crippen molar-refractivity contribution >= 4 is 17.7 Å². The maximum atomic E-state index is 14.4. The molecule has 3 aromatic rings. The second-order valence-electron chi connectivity index (χ2n) is 8.10. The molecule has 2 heterocycles. The number of halogens is 1. The molecule has 1 aliphatic rings. The fraction of sp³-hybridized carbons (Fsp3) is 0.320. The quantitative estimate of drug-likeness (QED) is 0.577. The van der Waals surface area contributed by atoms with Crippen LogP contribution in [-0.2, 0) is 0 Å². The third kappa shape index (κ3) is 5.29. The monoisotopic (exact) mass is 433 g/mol. The first kappa shape index (κ1) is 21.9. The molecular formula is C25H28FN5O. The number of benzene rings is 2. The largest absolute Gasteiger partial charge is 0.348 e. The fourth-order valence-electron chi connectivity index (χ4n) is 3.97. The SMILES string of the molecule is C[C@H](Nc1nccc(N(CC2CCNCC2)C(=O)c2ccccc2F)n1)c1ccccc1. The number of hydrogen-bond donors (Lipinski definition) is 2. The average Bonchev–Trinajstić information content (AvgIpc) is 2.84. The van der Waals surface area contributed by atoms with E-state index in [-0.39, 0.29) is 17.5 Å². The van der Waals surface area contributed by atoms with E-state index >= 15 is 0 Å². The lowest BCUT2D eigenvalue weighted by Crippen LogP contribution is -2.40. The molecule has 1 atom stereocenters. The Balaban J connectivity index is 1.61. The molecule has 0 bridgehead atoms. The van der Waals surface area contributed by atoms with E-state index in [4.69, 9.17) is 0 Å². The van der Waals surface area contributed by atoms with Crippen LogP contribution >= 0.6 is 0 Å². The predicted molar refractivity (Wildman–Crippen MR) is 124 cm³/mol. The van der Waals surface area contributed by atoms with Crippen LogP contribution in [0.1, 0.15) is 41.7 Å². The van der Waals surface area contributed by atoms with Gasteiger partial charge in [0, 0.05) is 12.7 Å². The lowest BCUT2D eigenvalue weighted by Gasteiger charge is -2.30. The molecule has 0 saturated carbocycles. The predicted octanol–water partition coefficient (Wildman–Crippen LogP) is 4.44. The summed E-state index contributed by atoms with van der Waals surface area (Å²) in [5.41, 5.74) is 1.16. The molecule has 1 amide bonds. The van der Waals surface area contributed by atoms with Gasteiger partial charge in [-0.25, -0.2) is 9.37 Å². The van der Waals surface area contributed by atoms with E-state index in [1.807, 2.05) is 37.3 Å². The van der Waals surface area contributed by atoms with Gasteiger partial charge in [0.25, 0.3) is 5.91 Å². The number of amides is 1. The summed E-state index contributed by atoms with van der Waals surface area (Å²) in [4.78, 5) is 23.9. The van der Waals surface area contributed by atoms with Gasteiger partial charge in [0.05, 0.1) is 11.6 Å². The van der Waals surface area contributed by atoms with Gasteiger partial charge in [0.1, 0.15) is 11.6 Å². The van der Waals surface area contributed by atoms with Crippen LogP contribution < -0.4 is 15.5 Å². The van der Waals surface area contributed by atoms with Crippen LogP contribution in [0.2, 0.25) is 0 Å². The highest BCUT2D eigenvalue weighted by atomic mass is 19.1. The van der Waals surface area contributed by atoms with Crippen LogP contribution in [0.3, 0.4) is 0 Å². The van der Waals surface area contributed by atoms with Crippen molar-refractivity contribution in [2.24, 2.45) is 5.92 Å².